The molecule has 0 saturated carbocycles. The fourth-order valence-electron chi connectivity index (χ4n) is 1.42. The number of carbonyl (C=O) groups is 2. The molecule has 0 aliphatic carbocycles. The maximum absolute atomic E-state index is 10.9. The lowest BCUT2D eigenvalue weighted by molar-refractivity contribution is -0.150. The van der Waals surface area contributed by atoms with Gasteiger partial charge in [-0.1, -0.05) is 45.1 Å². The molecule has 3 atom stereocenters. The van der Waals surface area contributed by atoms with Crippen LogP contribution in [0.3, 0.4) is 0 Å². The van der Waals surface area contributed by atoms with Crippen LogP contribution in [0.25, 0.3) is 0 Å². The first-order valence-corrected chi connectivity index (χ1v) is 6.40. The molecular formula is C14H25NO4. The van der Waals surface area contributed by atoms with Crippen LogP contribution in [0.2, 0.25) is 0 Å². The summed E-state index contributed by atoms with van der Waals surface area (Å²) in [6, 6.07) is -1.37. The molecule has 0 radical (unpaired) electrons. The van der Waals surface area contributed by atoms with Crippen molar-refractivity contribution in [2.24, 2.45) is 17.6 Å². The minimum atomic E-state index is -1.37. The van der Waals surface area contributed by atoms with E-state index in [0.717, 1.165) is 0 Å². The van der Waals surface area contributed by atoms with Gasteiger partial charge in [0.1, 0.15) is 6.04 Å². The highest BCUT2D eigenvalue weighted by Crippen LogP contribution is 2.17. The summed E-state index contributed by atoms with van der Waals surface area (Å²) in [5, 5.41) is 17.6. The second-order valence-electron chi connectivity index (χ2n) is 3.93. The molecular weight excluding hydrogens is 246 g/mol. The minimum absolute atomic E-state index is 0.0438. The highest BCUT2D eigenvalue weighted by molar-refractivity contribution is 5.82. The van der Waals surface area contributed by atoms with Gasteiger partial charge in [-0.25, -0.2) is 0 Å². The fourth-order valence-corrected chi connectivity index (χ4v) is 1.42. The van der Waals surface area contributed by atoms with Gasteiger partial charge in [-0.05, 0) is 19.3 Å². The van der Waals surface area contributed by atoms with Crippen molar-refractivity contribution in [3.8, 4) is 0 Å². The van der Waals surface area contributed by atoms with Crippen LogP contribution in [0.5, 0.6) is 0 Å². The van der Waals surface area contributed by atoms with Gasteiger partial charge in [0, 0.05) is 0 Å². The highest BCUT2D eigenvalue weighted by Gasteiger charge is 2.31. The summed E-state index contributed by atoms with van der Waals surface area (Å²) in [6.07, 6.45) is 7.50. The molecule has 0 aromatic rings. The molecule has 0 spiro atoms. The molecule has 0 heterocycles. The predicted octanol–water partition coefficient (Wildman–Crippen LogP) is 2.28. The van der Waals surface area contributed by atoms with Gasteiger partial charge in [-0.15, -0.1) is 0 Å². The van der Waals surface area contributed by atoms with E-state index in [-0.39, 0.29) is 12.3 Å². The van der Waals surface area contributed by atoms with Crippen LogP contribution in [0.15, 0.2) is 24.3 Å². The quantitative estimate of drug-likeness (QED) is 0.617. The van der Waals surface area contributed by atoms with E-state index in [0.29, 0.717) is 0 Å². The Kier molecular flexibility index (Phi) is 11.9. The maximum atomic E-state index is 10.9. The monoisotopic (exact) mass is 271 g/mol. The van der Waals surface area contributed by atoms with E-state index in [1.165, 1.54) is 0 Å². The second kappa shape index (κ2) is 11.5. The summed E-state index contributed by atoms with van der Waals surface area (Å²) in [4.78, 5) is 21.6. The molecule has 5 heteroatoms. The highest BCUT2D eigenvalue weighted by atomic mass is 16.4. The second-order valence-corrected chi connectivity index (χ2v) is 3.93. The summed E-state index contributed by atoms with van der Waals surface area (Å²) >= 11 is 0. The summed E-state index contributed by atoms with van der Waals surface area (Å²) in [5.74, 6) is -3.58. The maximum Gasteiger partial charge on any atom is 0.321 e. The first-order chi connectivity index (χ1) is 8.90. The van der Waals surface area contributed by atoms with Crippen molar-refractivity contribution >= 4 is 11.9 Å². The van der Waals surface area contributed by atoms with Crippen LogP contribution >= 0.6 is 0 Å². The molecule has 0 rings (SSSR count). The first kappa shape index (κ1) is 19.7. The van der Waals surface area contributed by atoms with Crippen LogP contribution in [0.4, 0.5) is 0 Å². The Bertz CT molecular complexity index is 323. The van der Waals surface area contributed by atoms with Gasteiger partial charge in [0.15, 0.2) is 0 Å². The Balaban J connectivity index is 0. The molecule has 0 aromatic heterocycles. The number of carboxylic acid groups (broad SMARTS) is 2. The van der Waals surface area contributed by atoms with E-state index in [9.17, 15) is 9.59 Å². The Labute approximate surface area is 114 Å². The molecule has 110 valence electrons. The topological polar surface area (TPSA) is 101 Å². The Morgan fingerprint density at radius 2 is 1.68 bits per heavy atom. The zero-order valence-electron chi connectivity index (χ0n) is 12.0. The zero-order valence-corrected chi connectivity index (χ0v) is 12.0. The summed E-state index contributed by atoms with van der Waals surface area (Å²) < 4.78 is 0. The fraction of sp³-hybridized carbons (Fsp3) is 0.571. The van der Waals surface area contributed by atoms with Gasteiger partial charge >= 0.3 is 11.9 Å². The van der Waals surface area contributed by atoms with Crippen LogP contribution in [0.1, 0.15) is 34.1 Å². The lowest BCUT2D eigenvalue weighted by Crippen LogP contribution is -2.42. The van der Waals surface area contributed by atoms with Crippen LogP contribution < -0.4 is 5.73 Å². The van der Waals surface area contributed by atoms with Crippen molar-refractivity contribution in [1.29, 1.82) is 0 Å². The molecule has 5 nitrogen and oxygen atoms in total. The lowest BCUT2D eigenvalue weighted by Gasteiger charge is -2.18. The number of nitrogens with two attached hydrogens (primary N) is 1. The molecule has 0 fully saturated rings. The van der Waals surface area contributed by atoms with Gasteiger partial charge in [0.25, 0.3) is 0 Å². The number of hydrogen-bond donors (Lipinski definition) is 3. The van der Waals surface area contributed by atoms with E-state index in [1.54, 1.807) is 6.08 Å². The van der Waals surface area contributed by atoms with Crippen molar-refractivity contribution in [2.75, 3.05) is 0 Å². The normalized spacial score (nSPS) is 15.6. The van der Waals surface area contributed by atoms with Crippen molar-refractivity contribution < 1.29 is 19.8 Å². The molecule has 0 bridgehead atoms. The van der Waals surface area contributed by atoms with Gasteiger partial charge in [0.2, 0.25) is 0 Å². The van der Waals surface area contributed by atoms with E-state index >= 15 is 0 Å². The largest absolute Gasteiger partial charge is 0.481 e. The van der Waals surface area contributed by atoms with Crippen molar-refractivity contribution in [3.05, 3.63) is 24.3 Å². The lowest BCUT2D eigenvalue weighted by atomic mass is 9.90. The molecule has 19 heavy (non-hydrogen) atoms. The van der Waals surface area contributed by atoms with E-state index < -0.39 is 23.9 Å². The van der Waals surface area contributed by atoms with E-state index in [4.69, 9.17) is 15.9 Å². The van der Waals surface area contributed by atoms with E-state index in [2.05, 4.69) is 0 Å². The molecule has 0 aliphatic rings. The summed E-state index contributed by atoms with van der Waals surface area (Å²) in [6.45, 7) is 7.69. The van der Waals surface area contributed by atoms with Gasteiger partial charge < -0.3 is 15.9 Å². The number of allylic oxidation sites excluding steroid dienone is 4. The third kappa shape index (κ3) is 9.02. The Morgan fingerprint density at radius 1 is 1.16 bits per heavy atom. The predicted molar refractivity (Wildman–Crippen MR) is 75.8 cm³/mol. The minimum Gasteiger partial charge on any atom is -0.481 e. The van der Waals surface area contributed by atoms with E-state index in [1.807, 2.05) is 45.9 Å². The van der Waals surface area contributed by atoms with Crippen LogP contribution in [-0.2, 0) is 9.59 Å². The third-order valence-corrected chi connectivity index (χ3v) is 2.40. The van der Waals surface area contributed by atoms with Gasteiger partial charge in [-0.2, -0.15) is 0 Å². The average molecular weight is 271 g/mol. The standard InChI is InChI=1S/C12H19NO4.C2H6/c1-3-4-5-6-8(2)7-9(11(14)15)10(13)12(16)17;1-2/h3-6,8-10H,7,13H2,1-2H3,(H,14,15)(H,16,17);1-2H3/b4-3-,6-5-;. The molecule has 3 unspecified atom stereocenters. The molecule has 0 aromatic carbocycles. The Morgan fingerprint density at radius 3 is 2.05 bits per heavy atom. The van der Waals surface area contributed by atoms with Crippen LogP contribution in [-0.4, -0.2) is 28.2 Å². The molecule has 0 saturated heterocycles. The molecule has 0 amide bonds. The number of rotatable bonds is 7. The SMILES string of the molecule is C/C=C\C=C/C(C)CC(C(=O)O)C(N)C(=O)O.CC. The van der Waals surface area contributed by atoms with Crippen molar-refractivity contribution in [2.45, 2.75) is 40.2 Å². The third-order valence-electron chi connectivity index (χ3n) is 2.40. The molecule has 4 N–H and O–H groups in total. The zero-order chi connectivity index (χ0) is 15.4. The number of hydrogen-bond acceptors (Lipinski definition) is 3. The van der Waals surface area contributed by atoms with Crippen molar-refractivity contribution in [3.63, 3.8) is 0 Å². The number of carboxylic acids is 2. The average Bonchev–Trinajstić information content (AvgIpc) is 2.37. The summed E-state index contributed by atoms with van der Waals surface area (Å²) in [5.41, 5.74) is 5.35. The smallest absolute Gasteiger partial charge is 0.321 e. The Hall–Kier alpha value is -1.62. The number of aliphatic carboxylic acids is 2. The summed E-state index contributed by atoms with van der Waals surface area (Å²) in [7, 11) is 0. The molecule has 0 aliphatic heterocycles. The van der Waals surface area contributed by atoms with Gasteiger partial charge in [0.05, 0.1) is 5.92 Å². The van der Waals surface area contributed by atoms with Gasteiger partial charge in [-0.3, -0.25) is 9.59 Å². The first-order valence-electron chi connectivity index (χ1n) is 6.40. The van der Waals surface area contributed by atoms with Crippen molar-refractivity contribution in [1.82, 2.24) is 0 Å². The van der Waals surface area contributed by atoms with Crippen LogP contribution in [0, 0.1) is 11.8 Å².